The smallest absolute Gasteiger partial charge is 0.343 e. The summed E-state index contributed by atoms with van der Waals surface area (Å²) in [5.74, 6) is 0.0462. The summed E-state index contributed by atoms with van der Waals surface area (Å²) in [6, 6.07) is 9.35. The molecule has 0 saturated heterocycles. The van der Waals surface area contributed by atoms with E-state index in [0.29, 0.717) is 24.2 Å². The molecule has 0 spiro atoms. The first-order valence-corrected chi connectivity index (χ1v) is 8.20. The Kier molecular flexibility index (Phi) is 6.64. The topological polar surface area (TPSA) is 52.6 Å². The van der Waals surface area contributed by atoms with Crippen molar-refractivity contribution in [2.75, 3.05) is 6.61 Å². The third-order valence-corrected chi connectivity index (χ3v) is 3.71. The van der Waals surface area contributed by atoms with Crippen molar-refractivity contribution in [3.8, 4) is 11.5 Å². The van der Waals surface area contributed by atoms with Crippen LogP contribution in [0.15, 0.2) is 36.4 Å². The molecule has 0 saturated carbocycles. The average Bonchev–Trinajstić information content (AvgIpc) is 2.57. The molecule has 0 unspecified atom stereocenters. The zero-order valence-electron chi connectivity index (χ0n) is 13.1. The van der Waals surface area contributed by atoms with E-state index in [9.17, 15) is 9.59 Å². The van der Waals surface area contributed by atoms with Gasteiger partial charge in [-0.25, -0.2) is 4.79 Å². The van der Waals surface area contributed by atoms with Crippen molar-refractivity contribution < 1.29 is 19.1 Å². The highest BCUT2D eigenvalue weighted by Gasteiger charge is 2.16. The molecule has 0 aliphatic carbocycles. The predicted molar refractivity (Wildman–Crippen MR) is 93.7 cm³/mol. The van der Waals surface area contributed by atoms with E-state index in [1.807, 2.05) is 0 Å². The van der Waals surface area contributed by atoms with Gasteiger partial charge in [-0.15, -0.1) is 0 Å². The van der Waals surface area contributed by atoms with Crippen LogP contribution < -0.4 is 9.47 Å². The lowest BCUT2D eigenvalue weighted by molar-refractivity contribution is 0.0733. The van der Waals surface area contributed by atoms with E-state index in [2.05, 4.69) is 6.92 Å². The van der Waals surface area contributed by atoms with Crippen molar-refractivity contribution in [3.63, 3.8) is 0 Å². The van der Waals surface area contributed by atoms with Gasteiger partial charge in [-0.05, 0) is 42.8 Å². The van der Waals surface area contributed by atoms with Crippen molar-refractivity contribution in [3.05, 3.63) is 57.6 Å². The van der Waals surface area contributed by atoms with Gasteiger partial charge >= 0.3 is 5.97 Å². The molecule has 0 N–H and O–H groups in total. The SMILES string of the molecule is CCCCOc1ccc(C(=O)Oc2c(Cl)cc(Cl)cc2C=O)cc1. The minimum Gasteiger partial charge on any atom is -0.494 e. The van der Waals surface area contributed by atoms with Crippen molar-refractivity contribution in [1.29, 1.82) is 0 Å². The fraction of sp³-hybridized carbons (Fsp3) is 0.222. The Morgan fingerprint density at radius 1 is 1.17 bits per heavy atom. The molecule has 6 heteroatoms. The lowest BCUT2D eigenvalue weighted by Gasteiger charge is -2.10. The minimum absolute atomic E-state index is 0.00987. The molecule has 0 heterocycles. The monoisotopic (exact) mass is 366 g/mol. The number of hydrogen-bond donors (Lipinski definition) is 0. The van der Waals surface area contributed by atoms with Gasteiger partial charge in [0.05, 0.1) is 22.8 Å². The molecule has 0 atom stereocenters. The van der Waals surface area contributed by atoms with E-state index in [1.54, 1.807) is 24.3 Å². The van der Waals surface area contributed by atoms with Crippen LogP contribution in [0.2, 0.25) is 10.0 Å². The molecule has 0 fully saturated rings. The highest BCUT2D eigenvalue weighted by Crippen LogP contribution is 2.32. The summed E-state index contributed by atoms with van der Waals surface area (Å²) in [7, 11) is 0. The van der Waals surface area contributed by atoms with Crippen molar-refractivity contribution >= 4 is 35.5 Å². The normalized spacial score (nSPS) is 10.3. The molecule has 0 aromatic heterocycles. The summed E-state index contributed by atoms with van der Waals surface area (Å²) < 4.78 is 10.8. The molecule has 126 valence electrons. The number of carbonyl (C=O) groups is 2. The maximum atomic E-state index is 12.2. The van der Waals surface area contributed by atoms with Crippen LogP contribution in [-0.4, -0.2) is 18.9 Å². The van der Waals surface area contributed by atoms with Crippen LogP contribution in [0, 0.1) is 0 Å². The number of carbonyl (C=O) groups excluding carboxylic acids is 2. The van der Waals surface area contributed by atoms with E-state index in [1.165, 1.54) is 12.1 Å². The Labute approximate surface area is 150 Å². The summed E-state index contributed by atoms with van der Waals surface area (Å²) in [6.07, 6.45) is 2.55. The molecule has 0 bridgehead atoms. The number of aldehydes is 1. The molecular formula is C18H16Cl2O4. The van der Waals surface area contributed by atoms with Crippen LogP contribution in [0.1, 0.15) is 40.5 Å². The van der Waals surface area contributed by atoms with E-state index in [4.69, 9.17) is 32.7 Å². The number of hydrogen-bond acceptors (Lipinski definition) is 4. The van der Waals surface area contributed by atoms with Crippen LogP contribution in [0.3, 0.4) is 0 Å². The summed E-state index contributed by atoms with van der Waals surface area (Å²) in [5, 5.41) is 0.382. The molecule has 0 aliphatic heterocycles. The molecule has 2 aromatic rings. The van der Waals surface area contributed by atoms with Crippen molar-refractivity contribution in [2.24, 2.45) is 0 Å². The minimum atomic E-state index is -0.623. The molecule has 0 aliphatic rings. The van der Waals surface area contributed by atoms with Crippen LogP contribution in [0.4, 0.5) is 0 Å². The number of rotatable bonds is 7. The fourth-order valence-corrected chi connectivity index (χ4v) is 2.50. The van der Waals surface area contributed by atoms with Gasteiger partial charge in [0.2, 0.25) is 0 Å². The second kappa shape index (κ2) is 8.71. The number of halogens is 2. The number of benzene rings is 2. The van der Waals surface area contributed by atoms with E-state index in [0.717, 1.165) is 12.8 Å². The quantitative estimate of drug-likeness (QED) is 0.292. The largest absolute Gasteiger partial charge is 0.494 e. The second-order valence-electron chi connectivity index (χ2n) is 5.04. The van der Waals surface area contributed by atoms with Gasteiger partial charge in [0.25, 0.3) is 0 Å². The van der Waals surface area contributed by atoms with Gasteiger partial charge in [0.15, 0.2) is 12.0 Å². The average molecular weight is 367 g/mol. The summed E-state index contributed by atoms with van der Waals surface area (Å²) in [4.78, 5) is 23.3. The lowest BCUT2D eigenvalue weighted by atomic mass is 10.2. The molecule has 24 heavy (non-hydrogen) atoms. The van der Waals surface area contributed by atoms with Gasteiger partial charge in [-0.2, -0.15) is 0 Å². The Hall–Kier alpha value is -2.04. The number of ether oxygens (including phenoxy) is 2. The van der Waals surface area contributed by atoms with Crippen LogP contribution in [0.25, 0.3) is 0 Å². The van der Waals surface area contributed by atoms with Crippen LogP contribution in [0.5, 0.6) is 11.5 Å². The van der Waals surface area contributed by atoms with Gasteiger partial charge in [-0.3, -0.25) is 4.79 Å². The number of esters is 1. The van der Waals surface area contributed by atoms with E-state index < -0.39 is 5.97 Å². The van der Waals surface area contributed by atoms with Gasteiger partial charge in [-0.1, -0.05) is 36.5 Å². The van der Waals surface area contributed by atoms with E-state index >= 15 is 0 Å². The second-order valence-corrected chi connectivity index (χ2v) is 5.88. The molecule has 0 radical (unpaired) electrons. The first-order chi connectivity index (χ1) is 11.5. The highest BCUT2D eigenvalue weighted by atomic mass is 35.5. The predicted octanol–water partition coefficient (Wildman–Crippen LogP) is 5.20. The van der Waals surface area contributed by atoms with Crippen LogP contribution >= 0.6 is 23.2 Å². The Balaban J connectivity index is 2.11. The van der Waals surface area contributed by atoms with Crippen molar-refractivity contribution in [1.82, 2.24) is 0 Å². The zero-order chi connectivity index (χ0) is 17.5. The Bertz CT molecular complexity index is 727. The van der Waals surface area contributed by atoms with Gasteiger partial charge in [0.1, 0.15) is 5.75 Å². The first-order valence-electron chi connectivity index (χ1n) is 7.44. The molecule has 2 aromatic carbocycles. The molecule has 4 nitrogen and oxygen atoms in total. The standard InChI is InChI=1S/C18H16Cl2O4/c1-2-3-8-23-15-6-4-12(5-7-15)18(22)24-17-13(11-21)9-14(19)10-16(17)20/h4-7,9-11H,2-3,8H2,1H3. The van der Waals surface area contributed by atoms with Crippen molar-refractivity contribution in [2.45, 2.75) is 19.8 Å². The molecular weight excluding hydrogens is 351 g/mol. The summed E-state index contributed by atoms with van der Waals surface area (Å²) >= 11 is 11.8. The van der Waals surface area contributed by atoms with E-state index in [-0.39, 0.29) is 21.4 Å². The molecule has 2 rings (SSSR count). The Morgan fingerprint density at radius 2 is 1.88 bits per heavy atom. The maximum Gasteiger partial charge on any atom is 0.343 e. The fourth-order valence-electron chi connectivity index (χ4n) is 1.95. The zero-order valence-corrected chi connectivity index (χ0v) is 14.6. The lowest BCUT2D eigenvalue weighted by Crippen LogP contribution is -2.10. The summed E-state index contributed by atoms with van der Waals surface area (Å²) in [5.41, 5.74) is 0.432. The summed E-state index contributed by atoms with van der Waals surface area (Å²) in [6.45, 7) is 2.71. The highest BCUT2D eigenvalue weighted by molar-refractivity contribution is 6.36. The van der Waals surface area contributed by atoms with Crippen LogP contribution in [-0.2, 0) is 0 Å². The maximum absolute atomic E-state index is 12.2. The van der Waals surface area contributed by atoms with Gasteiger partial charge in [0, 0.05) is 5.02 Å². The first kappa shape index (κ1) is 18.3. The molecule has 0 amide bonds. The third kappa shape index (κ3) is 4.73. The number of unbranched alkanes of at least 4 members (excludes halogenated alkanes) is 1. The third-order valence-electron chi connectivity index (χ3n) is 3.22. The van der Waals surface area contributed by atoms with Gasteiger partial charge < -0.3 is 9.47 Å². The Morgan fingerprint density at radius 3 is 2.50 bits per heavy atom.